The molecule has 20 heavy (non-hydrogen) atoms. The molecule has 2 aromatic carbocycles. The highest BCUT2D eigenvalue weighted by atomic mass is 16.3. The van der Waals surface area contributed by atoms with Gasteiger partial charge in [-0.3, -0.25) is 0 Å². The molecule has 0 aliphatic carbocycles. The molecule has 2 aromatic rings. The lowest BCUT2D eigenvalue weighted by Crippen LogP contribution is -2.31. The van der Waals surface area contributed by atoms with E-state index in [1.807, 2.05) is 12.1 Å². The first-order chi connectivity index (χ1) is 9.78. The average molecular weight is 269 g/mol. The quantitative estimate of drug-likeness (QED) is 0.805. The molecule has 2 N–H and O–H groups in total. The first-order valence-corrected chi connectivity index (χ1v) is 7.33. The summed E-state index contributed by atoms with van der Waals surface area (Å²) in [6, 6.07) is 18.6. The number of hydrogen-bond donors (Lipinski definition) is 2. The highest BCUT2D eigenvalue weighted by Gasteiger charge is 2.08. The zero-order valence-electron chi connectivity index (χ0n) is 12.0. The summed E-state index contributed by atoms with van der Waals surface area (Å²) in [6.07, 6.45) is 3.22. The van der Waals surface area contributed by atoms with Crippen LogP contribution in [0.2, 0.25) is 0 Å². The van der Waals surface area contributed by atoms with E-state index < -0.39 is 0 Å². The number of aryl methyl sites for hydroxylation is 1. The van der Waals surface area contributed by atoms with Crippen molar-refractivity contribution in [3.8, 4) is 5.75 Å². The molecule has 2 nitrogen and oxygen atoms in total. The van der Waals surface area contributed by atoms with Crippen LogP contribution in [0.25, 0.3) is 0 Å². The standard InChI is InChI=1S/C18H23NO/c1-2-19-17(11-8-15-6-4-3-5-7-15)14-16-9-12-18(20)13-10-16/h3-7,9-10,12-13,17,19-20H,2,8,11,14H2,1H3. The minimum Gasteiger partial charge on any atom is -0.508 e. The van der Waals surface area contributed by atoms with E-state index in [-0.39, 0.29) is 0 Å². The van der Waals surface area contributed by atoms with Crippen LogP contribution in [0.3, 0.4) is 0 Å². The van der Waals surface area contributed by atoms with Gasteiger partial charge < -0.3 is 10.4 Å². The molecule has 2 heteroatoms. The molecule has 0 aliphatic rings. The van der Waals surface area contributed by atoms with Crippen LogP contribution in [0.1, 0.15) is 24.5 Å². The maximum atomic E-state index is 9.33. The van der Waals surface area contributed by atoms with Crippen LogP contribution >= 0.6 is 0 Å². The molecule has 2 rings (SSSR count). The number of benzene rings is 2. The van der Waals surface area contributed by atoms with Gasteiger partial charge in [0, 0.05) is 6.04 Å². The van der Waals surface area contributed by atoms with Gasteiger partial charge in [0.05, 0.1) is 0 Å². The van der Waals surface area contributed by atoms with Crippen LogP contribution in [0, 0.1) is 0 Å². The summed E-state index contributed by atoms with van der Waals surface area (Å²) < 4.78 is 0. The fourth-order valence-electron chi connectivity index (χ4n) is 2.47. The van der Waals surface area contributed by atoms with E-state index >= 15 is 0 Å². The molecule has 106 valence electrons. The summed E-state index contributed by atoms with van der Waals surface area (Å²) >= 11 is 0. The maximum Gasteiger partial charge on any atom is 0.115 e. The Morgan fingerprint density at radius 1 is 0.950 bits per heavy atom. The third-order valence-corrected chi connectivity index (χ3v) is 3.54. The highest BCUT2D eigenvalue weighted by Crippen LogP contribution is 2.14. The van der Waals surface area contributed by atoms with Crippen LogP contribution < -0.4 is 5.32 Å². The number of phenols is 1. The van der Waals surface area contributed by atoms with Crippen molar-refractivity contribution in [3.63, 3.8) is 0 Å². The fourth-order valence-corrected chi connectivity index (χ4v) is 2.47. The first kappa shape index (κ1) is 14.6. The molecule has 0 bridgehead atoms. The Hall–Kier alpha value is -1.80. The highest BCUT2D eigenvalue weighted by molar-refractivity contribution is 5.26. The van der Waals surface area contributed by atoms with Crippen molar-refractivity contribution in [1.82, 2.24) is 5.32 Å². The molecule has 1 unspecified atom stereocenters. The van der Waals surface area contributed by atoms with Crippen molar-refractivity contribution >= 4 is 0 Å². The zero-order chi connectivity index (χ0) is 14.2. The predicted octanol–water partition coefficient (Wildman–Crippen LogP) is 3.55. The Morgan fingerprint density at radius 2 is 1.65 bits per heavy atom. The summed E-state index contributed by atoms with van der Waals surface area (Å²) in [4.78, 5) is 0. The van der Waals surface area contributed by atoms with Crippen molar-refractivity contribution in [1.29, 1.82) is 0 Å². The zero-order valence-corrected chi connectivity index (χ0v) is 12.0. The summed E-state index contributed by atoms with van der Waals surface area (Å²) in [5.41, 5.74) is 2.66. The molecule has 0 radical (unpaired) electrons. The summed E-state index contributed by atoms with van der Waals surface area (Å²) in [5, 5.41) is 12.9. The van der Waals surface area contributed by atoms with Gasteiger partial charge in [0.25, 0.3) is 0 Å². The monoisotopic (exact) mass is 269 g/mol. The van der Waals surface area contributed by atoms with E-state index in [4.69, 9.17) is 0 Å². The second-order valence-electron chi connectivity index (χ2n) is 5.15. The SMILES string of the molecule is CCNC(CCc1ccccc1)Cc1ccc(O)cc1. The van der Waals surface area contributed by atoms with Gasteiger partial charge in [-0.05, 0) is 49.1 Å². The molecule has 0 aromatic heterocycles. The molecular formula is C18H23NO. The number of hydrogen-bond acceptors (Lipinski definition) is 2. The second kappa shape index (κ2) is 7.71. The molecule has 0 amide bonds. The molecule has 0 fully saturated rings. The Morgan fingerprint density at radius 3 is 2.30 bits per heavy atom. The Labute approximate surface area is 121 Å². The minimum absolute atomic E-state index is 0.332. The first-order valence-electron chi connectivity index (χ1n) is 7.33. The van der Waals surface area contributed by atoms with Crippen molar-refractivity contribution < 1.29 is 5.11 Å². The lowest BCUT2D eigenvalue weighted by atomic mass is 9.99. The summed E-state index contributed by atoms with van der Waals surface area (Å²) in [5.74, 6) is 0.332. The van der Waals surface area contributed by atoms with Gasteiger partial charge in [-0.1, -0.05) is 49.4 Å². The molecule has 0 heterocycles. The molecule has 0 saturated heterocycles. The summed E-state index contributed by atoms with van der Waals surface area (Å²) in [6.45, 7) is 3.13. The topological polar surface area (TPSA) is 32.3 Å². The van der Waals surface area contributed by atoms with Crippen molar-refractivity contribution in [3.05, 3.63) is 65.7 Å². The van der Waals surface area contributed by atoms with Gasteiger partial charge in [-0.2, -0.15) is 0 Å². The van der Waals surface area contributed by atoms with Crippen LogP contribution in [-0.4, -0.2) is 17.7 Å². The lowest BCUT2D eigenvalue weighted by Gasteiger charge is -2.18. The van der Waals surface area contributed by atoms with Crippen LogP contribution in [0.15, 0.2) is 54.6 Å². The average Bonchev–Trinajstić information content (AvgIpc) is 2.48. The molecule has 1 atom stereocenters. The van der Waals surface area contributed by atoms with E-state index in [0.29, 0.717) is 11.8 Å². The number of phenolic OH excluding ortho intramolecular Hbond substituents is 1. The van der Waals surface area contributed by atoms with Gasteiger partial charge in [0.1, 0.15) is 5.75 Å². The van der Waals surface area contributed by atoms with E-state index in [0.717, 1.165) is 25.8 Å². The van der Waals surface area contributed by atoms with Crippen molar-refractivity contribution in [2.24, 2.45) is 0 Å². The largest absolute Gasteiger partial charge is 0.508 e. The van der Waals surface area contributed by atoms with E-state index in [2.05, 4.69) is 42.6 Å². The van der Waals surface area contributed by atoms with E-state index in [1.54, 1.807) is 12.1 Å². The van der Waals surface area contributed by atoms with Crippen molar-refractivity contribution in [2.75, 3.05) is 6.54 Å². The van der Waals surface area contributed by atoms with Gasteiger partial charge >= 0.3 is 0 Å². The van der Waals surface area contributed by atoms with Crippen molar-refractivity contribution in [2.45, 2.75) is 32.2 Å². The number of aromatic hydroxyl groups is 1. The van der Waals surface area contributed by atoms with Crippen LogP contribution in [0.5, 0.6) is 5.75 Å². The minimum atomic E-state index is 0.332. The number of likely N-dealkylation sites (N-methyl/N-ethyl adjacent to an activating group) is 1. The van der Waals surface area contributed by atoms with Crippen LogP contribution in [-0.2, 0) is 12.8 Å². The Balaban J connectivity index is 1.91. The summed E-state index contributed by atoms with van der Waals surface area (Å²) in [7, 11) is 0. The molecule has 0 aliphatic heterocycles. The predicted molar refractivity (Wildman–Crippen MR) is 84.0 cm³/mol. The number of nitrogens with one attached hydrogen (secondary N) is 1. The third kappa shape index (κ3) is 4.71. The van der Waals surface area contributed by atoms with Gasteiger partial charge in [0.2, 0.25) is 0 Å². The van der Waals surface area contributed by atoms with Gasteiger partial charge in [-0.15, -0.1) is 0 Å². The normalized spacial score (nSPS) is 12.2. The fraction of sp³-hybridized carbons (Fsp3) is 0.333. The smallest absolute Gasteiger partial charge is 0.115 e. The number of rotatable bonds is 7. The third-order valence-electron chi connectivity index (χ3n) is 3.54. The van der Waals surface area contributed by atoms with Crippen LogP contribution in [0.4, 0.5) is 0 Å². The maximum absolute atomic E-state index is 9.33. The Bertz CT molecular complexity index is 493. The molecule has 0 saturated carbocycles. The van der Waals surface area contributed by atoms with Gasteiger partial charge in [-0.25, -0.2) is 0 Å². The lowest BCUT2D eigenvalue weighted by molar-refractivity contribution is 0.473. The molecular weight excluding hydrogens is 246 g/mol. The second-order valence-corrected chi connectivity index (χ2v) is 5.15. The van der Waals surface area contributed by atoms with Gasteiger partial charge in [0.15, 0.2) is 0 Å². The van der Waals surface area contributed by atoms with E-state index in [9.17, 15) is 5.11 Å². The molecule has 0 spiro atoms. The van der Waals surface area contributed by atoms with E-state index in [1.165, 1.54) is 11.1 Å². The Kier molecular flexibility index (Phi) is 5.63.